The van der Waals surface area contributed by atoms with Gasteiger partial charge in [0.15, 0.2) is 5.78 Å². The number of aromatic nitrogens is 3. The summed E-state index contributed by atoms with van der Waals surface area (Å²) < 4.78 is 7.15. The molecule has 2 heterocycles. The molecule has 0 N–H and O–H groups in total. The third-order valence-electron chi connectivity index (χ3n) is 5.28. The van der Waals surface area contributed by atoms with E-state index in [2.05, 4.69) is 22.2 Å². The number of carbonyl (C=O) groups is 1. The maximum Gasteiger partial charge on any atom is 0.159 e. The number of rotatable bonds is 6. The van der Waals surface area contributed by atoms with Crippen LogP contribution in [0.3, 0.4) is 0 Å². The first kappa shape index (κ1) is 21.0. The highest BCUT2D eigenvalue weighted by Gasteiger charge is 2.17. The minimum atomic E-state index is 0.0291. The molecule has 0 fully saturated rings. The quantitative estimate of drug-likeness (QED) is 0.393. The topological polar surface area (TPSA) is 80.8 Å². The van der Waals surface area contributed by atoms with E-state index in [1.165, 1.54) is 0 Å². The molecule has 2 aromatic heterocycles. The molecule has 0 unspecified atom stereocenters. The zero-order valence-electron chi connectivity index (χ0n) is 18.2. The predicted molar refractivity (Wildman–Crippen MR) is 123 cm³/mol. The number of pyridine rings is 1. The fraction of sp³-hybridized carbons (Fsp3) is 0.154. The first-order chi connectivity index (χ1) is 15.5. The number of nitrogens with zero attached hydrogens (tertiary/aromatic N) is 4. The molecule has 158 valence electrons. The van der Waals surface area contributed by atoms with Crippen LogP contribution in [-0.2, 0) is 6.54 Å². The van der Waals surface area contributed by atoms with E-state index in [1.807, 2.05) is 43.3 Å². The monoisotopic (exact) mass is 422 g/mol. The number of hydrogen-bond donors (Lipinski definition) is 0. The number of nitriles is 1. The molecule has 0 spiro atoms. The molecule has 0 saturated carbocycles. The van der Waals surface area contributed by atoms with Gasteiger partial charge in [0.05, 0.1) is 30.8 Å². The van der Waals surface area contributed by atoms with Gasteiger partial charge in [-0.3, -0.25) is 14.5 Å². The Morgan fingerprint density at radius 2 is 1.84 bits per heavy atom. The standard InChI is InChI=1S/C26H22N4O2/c1-17-12-22(14-23(13-17)32-3)26-24(16-29-30(26)11-9-27)21-8-10-28-25(15-21)20-6-4-19(5-7-20)18(2)31/h4-8,10,12-16H,11H2,1-3H3. The van der Waals surface area contributed by atoms with Gasteiger partial charge in [0.25, 0.3) is 0 Å². The highest BCUT2D eigenvalue weighted by atomic mass is 16.5. The molecule has 0 bridgehead atoms. The number of ketones is 1. The molecule has 0 saturated heterocycles. The maximum absolute atomic E-state index is 11.6. The molecular formula is C26H22N4O2. The summed E-state index contributed by atoms with van der Waals surface area (Å²) in [6, 6.07) is 19.5. The van der Waals surface area contributed by atoms with Crippen LogP contribution in [0.4, 0.5) is 0 Å². The summed E-state index contributed by atoms with van der Waals surface area (Å²) in [7, 11) is 1.64. The van der Waals surface area contributed by atoms with Crippen molar-refractivity contribution < 1.29 is 9.53 Å². The van der Waals surface area contributed by atoms with Crippen LogP contribution in [-0.4, -0.2) is 27.7 Å². The molecule has 0 aliphatic heterocycles. The Kier molecular flexibility index (Phi) is 5.82. The molecule has 6 nitrogen and oxygen atoms in total. The van der Waals surface area contributed by atoms with Gasteiger partial charge in [0.2, 0.25) is 0 Å². The third kappa shape index (κ3) is 4.14. The molecule has 32 heavy (non-hydrogen) atoms. The van der Waals surface area contributed by atoms with Crippen LogP contribution in [0.5, 0.6) is 5.75 Å². The largest absolute Gasteiger partial charge is 0.497 e. The average molecular weight is 422 g/mol. The Hall–Kier alpha value is -4.24. The minimum absolute atomic E-state index is 0.0291. The highest BCUT2D eigenvalue weighted by Crippen LogP contribution is 2.35. The van der Waals surface area contributed by atoms with Gasteiger partial charge in [-0.05, 0) is 55.3 Å². The van der Waals surface area contributed by atoms with Crippen molar-refractivity contribution in [3.05, 3.63) is 78.1 Å². The maximum atomic E-state index is 11.6. The van der Waals surface area contributed by atoms with Crippen LogP contribution in [0.15, 0.2) is 67.0 Å². The second-order valence-electron chi connectivity index (χ2n) is 7.52. The van der Waals surface area contributed by atoms with Gasteiger partial charge >= 0.3 is 0 Å². The van der Waals surface area contributed by atoms with Crippen molar-refractivity contribution in [1.29, 1.82) is 5.26 Å². The first-order valence-corrected chi connectivity index (χ1v) is 10.2. The molecule has 0 radical (unpaired) electrons. The number of Topliss-reactive ketones (excluding diaryl/α,β-unsaturated/α-hetero) is 1. The van der Waals surface area contributed by atoms with E-state index in [0.29, 0.717) is 5.56 Å². The smallest absolute Gasteiger partial charge is 0.159 e. The molecule has 0 aliphatic rings. The molecule has 6 heteroatoms. The Balaban J connectivity index is 1.83. The fourth-order valence-corrected chi connectivity index (χ4v) is 3.72. The van der Waals surface area contributed by atoms with Crippen molar-refractivity contribution in [3.63, 3.8) is 0 Å². The van der Waals surface area contributed by atoms with Crippen LogP contribution in [0.1, 0.15) is 22.8 Å². The third-order valence-corrected chi connectivity index (χ3v) is 5.28. The lowest BCUT2D eigenvalue weighted by Crippen LogP contribution is -2.01. The van der Waals surface area contributed by atoms with Crippen molar-refractivity contribution in [2.45, 2.75) is 20.4 Å². The lowest BCUT2D eigenvalue weighted by Gasteiger charge is -2.11. The van der Waals surface area contributed by atoms with Crippen molar-refractivity contribution >= 4 is 5.78 Å². The number of aryl methyl sites for hydroxylation is 1. The van der Waals surface area contributed by atoms with Gasteiger partial charge in [-0.1, -0.05) is 24.3 Å². The summed E-state index contributed by atoms with van der Waals surface area (Å²) in [5.74, 6) is 0.776. The van der Waals surface area contributed by atoms with Crippen molar-refractivity contribution in [2.75, 3.05) is 7.11 Å². The summed E-state index contributed by atoms with van der Waals surface area (Å²) in [5.41, 5.74) is 7.03. The molecule has 4 rings (SSSR count). The zero-order valence-corrected chi connectivity index (χ0v) is 18.2. The Bertz CT molecular complexity index is 1330. The number of methoxy groups -OCH3 is 1. The van der Waals surface area contributed by atoms with Gasteiger partial charge in [-0.25, -0.2) is 0 Å². The van der Waals surface area contributed by atoms with E-state index in [-0.39, 0.29) is 12.3 Å². The van der Waals surface area contributed by atoms with Crippen molar-refractivity contribution in [1.82, 2.24) is 14.8 Å². The normalized spacial score (nSPS) is 10.6. The lowest BCUT2D eigenvalue weighted by molar-refractivity contribution is 0.101. The van der Waals surface area contributed by atoms with E-state index >= 15 is 0 Å². The minimum Gasteiger partial charge on any atom is -0.497 e. The zero-order chi connectivity index (χ0) is 22.7. The molecule has 4 aromatic rings. The molecule has 0 aliphatic carbocycles. The number of hydrogen-bond acceptors (Lipinski definition) is 5. The van der Waals surface area contributed by atoms with E-state index in [1.54, 1.807) is 43.2 Å². The Morgan fingerprint density at radius 1 is 1.06 bits per heavy atom. The van der Waals surface area contributed by atoms with Crippen LogP contribution in [0, 0.1) is 18.3 Å². The lowest BCUT2D eigenvalue weighted by atomic mass is 9.98. The number of carbonyl (C=O) groups excluding carboxylic acids is 1. The van der Waals surface area contributed by atoms with Crippen LogP contribution in [0.2, 0.25) is 0 Å². The first-order valence-electron chi connectivity index (χ1n) is 10.2. The van der Waals surface area contributed by atoms with E-state index in [4.69, 9.17) is 4.74 Å². The molecule has 0 atom stereocenters. The van der Waals surface area contributed by atoms with Gasteiger partial charge < -0.3 is 4.74 Å². The summed E-state index contributed by atoms with van der Waals surface area (Å²) in [6.45, 7) is 3.69. The van der Waals surface area contributed by atoms with Crippen LogP contribution >= 0.6 is 0 Å². The summed E-state index contributed by atoms with van der Waals surface area (Å²) in [5, 5.41) is 13.8. The molecule has 0 amide bonds. The number of ether oxygens (including phenoxy) is 1. The SMILES string of the molecule is COc1cc(C)cc(-c2c(-c3ccnc(-c4ccc(C(C)=O)cc4)c3)cnn2CC#N)c1. The number of benzene rings is 2. The Morgan fingerprint density at radius 3 is 2.53 bits per heavy atom. The van der Waals surface area contributed by atoms with Gasteiger partial charge in [-0.15, -0.1) is 0 Å². The summed E-state index contributed by atoms with van der Waals surface area (Å²) in [6.07, 6.45) is 3.53. The fourth-order valence-electron chi connectivity index (χ4n) is 3.72. The van der Waals surface area contributed by atoms with Crippen molar-refractivity contribution in [2.24, 2.45) is 0 Å². The van der Waals surface area contributed by atoms with Gasteiger partial charge in [0.1, 0.15) is 12.3 Å². The summed E-state index contributed by atoms with van der Waals surface area (Å²) in [4.78, 5) is 16.1. The van der Waals surface area contributed by atoms with E-state index in [9.17, 15) is 10.1 Å². The van der Waals surface area contributed by atoms with E-state index in [0.717, 1.165) is 45.0 Å². The Labute approximate surface area is 186 Å². The average Bonchev–Trinajstić information content (AvgIpc) is 3.23. The van der Waals surface area contributed by atoms with Crippen LogP contribution in [0.25, 0.3) is 33.6 Å². The van der Waals surface area contributed by atoms with Crippen molar-refractivity contribution in [3.8, 4) is 45.5 Å². The second-order valence-corrected chi connectivity index (χ2v) is 7.52. The van der Waals surface area contributed by atoms with Gasteiger partial charge in [-0.2, -0.15) is 10.4 Å². The summed E-state index contributed by atoms with van der Waals surface area (Å²) >= 11 is 0. The molecular weight excluding hydrogens is 400 g/mol. The van der Waals surface area contributed by atoms with Gasteiger partial charge in [0, 0.05) is 28.5 Å². The second kappa shape index (κ2) is 8.86. The van der Waals surface area contributed by atoms with E-state index < -0.39 is 0 Å². The predicted octanol–water partition coefficient (Wildman–Crippen LogP) is 5.32. The highest BCUT2D eigenvalue weighted by molar-refractivity contribution is 5.94. The molecule has 2 aromatic carbocycles. The van der Waals surface area contributed by atoms with Crippen LogP contribution < -0.4 is 4.74 Å².